The molecular weight excluding hydrogens is 182 g/mol. The summed E-state index contributed by atoms with van der Waals surface area (Å²) in [5, 5.41) is 15.6. The summed E-state index contributed by atoms with van der Waals surface area (Å²) in [6.07, 6.45) is 3.59. The van der Waals surface area contributed by atoms with Crippen molar-refractivity contribution in [1.29, 1.82) is 0 Å². The topological polar surface area (TPSA) is 87.4 Å². The average Bonchev–Trinajstić information content (AvgIpc) is 2.74. The van der Waals surface area contributed by atoms with Crippen LogP contribution in [0.3, 0.4) is 0 Å². The van der Waals surface area contributed by atoms with Crippen LogP contribution in [0.4, 0.5) is 0 Å². The van der Waals surface area contributed by atoms with Crippen molar-refractivity contribution in [3.05, 3.63) is 12.4 Å². The summed E-state index contributed by atoms with van der Waals surface area (Å²) in [5.41, 5.74) is 6.82. The van der Waals surface area contributed by atoms with Gasteiger partial charge in [-0.3, -0.25) is 9.36 Å². The first kappa shape index (κ1) is 8.82. The van der Waals surface area contributed by atoms with E-state index in [0.29, 0.717) is 18.8 Å². The Hall–Kier alpha value is -1.76. The fourth-order valence-electron chi connectivity index (χ4n) is 1.12. The first-order valence-electron chi connectivity index (χ1n) is 4.26. The molecule has 7 heteroatoms. The summed E-state index contributed by atoms with van der Waals surface area (Å²) in [6.45, 7) is 1.20. The Morgan fingerprint density at radius 1 is 1.21 bits per heavy atom. The number of aromatic nitrogens is 6. The van der Waals surface area contributed by atoms with Gasteiger partial charge in [-0.2, -0.15) is 0 Å². The Bertz CT molecular complexity index is 415. The molecule has 0 spiro atoms. The normalized spacial score (nSPS) is 10.7. The zero-order valence-corrected chi connectivity index (χ0v) is 7.83. The zero-order valence-electron chi connectivity index (χ0n) is 7.83. The minimum Gasteiger partial charge on any atom is -0.329 e. The van der Waals surface area contributed by atoms with E-state index in [-0.39, 0.29) is 0 Å². The highest BCUT2D eigenvalue weighted by Crippen LogP contribution is 2.10. The van der Waals surface area contributed by atoms with Gasteiger partial charge in [0.1, 0.15) is 11.4 Å². The fourth-order valence-corrected chi connectivity index (χ4v) is 1.12. The zero-order chi connectivity index (χ0) is 9.97. The van der Waals surface area contributed by atoms with Gasteiger partial charge in [-0.25, -0.2) is 0 Å². The maximum atomic E-state index is 5.39. The molecule has 0 amide bonds. The van der Waals surface area contributed by atoms with E-state index < -0.39 is 0 Å². The third kappa shape index (κ3) is 1.62. The molecule has 0 saturated carbocycles. The van der Waals surface area contributed by atoms with Crippen LogP contribution < -0.4 is 5.73 Å². The largest absolute Gasteiger partial charge is 0.329 e. The SMILES string of the molecule is Cn1cc(-c2cn(CCN)nn2)nn1. The summed E-state index contributed by atoms with van der Waals surface area (Å²) in [6, 6.07) is 0. The Kier molecular flexibility index (Phi) is 2.23. The Morgan fingerprint density at radius 3 is 2.57 bits per heavy atom. The lowest BCUT2D eigenvalue weighted by Crippen LogP contribution is -2.10. The molecule has 2 aromatic rings. The van der Waals surface area contributed by atoms with E-state index in [2.05, 4.69) is 20.6 Å². The van der Waals surface area contributed by atoms with Gasteiger partial charge in [0.05, 0.1) is 18.9 Å². The summed E-state index contributed by atoms with van der Waals surface area (Å²) >= 11 is 0. The maximum absolute atomic E-state index is 5.39. The number of hydrogen-bond acceptors (Lipinski definition) is 5. The third-order valence-electron chi connectivity index (χ3n) is 1.76. The van der Waals surface area contributed by atoms with E-state index in [1.807, 2.05) is 0 Å². The molecule has 2 aromatic heterocycles. The van der Waals surface area contributed by atoms with E-state index in [1.165, 1.54) is 0 Å². The van der Waals surface area contributed by atoms with Crippen molar-refractivity contribution in [2.75, 3.05) is 6.54 Å². The van der Waals surface area contributed by atoms with Crippen LogP contribution in [-0.2, 0) is 13.6 Å². The number of hydrogen-bond donors (Lipinski definition) is 1. The van der Waals surface area contributed by atoms with Crippen LogP contribution in [0, 0.1) is 0 Å². The molecule has 0 radical (unpaired) electrons. The van der Waals surface area contributed by atoms with Crippen molar-refractivity contribution < 1.29 is 0 Å². The second kappa shape index (κ2) is 3.54. The predicted molar refractivity (Wildman–Crippen MR) is 49.1 cm³/mol. The van der Waals surface area contributed by atoms with Gasteiger partial charge in [0.25, 0.3) is 0 Å². The summed E-state index contributed by atoms with van der Waals surface area (Å²) in [5.74, 6) is 0. The highest BCUT2D eigenvalue weighted by molar-refractivity contribution is 5.49. The quantitative estimate of drug-likeness (QED) is 0.677. The molecule has 0 unspecified atom stereocenters. The smallest absolute Gasteiger partial charge is 0.134 e. The minimum atomic E-state index is 0.545. The fraction of sp³-hybridized carbons (Fsp3) is 0.429. The van der Waals surface area contributed by atoms with Gasteiger partial charge >= 0.3 is 0 Å². The standard InChI is InChI=1S/C7H11N7/c1-13-4-6(9-11-13)7-5-14(3-2-8)12-10-7/h4-5H,2-3,8H2,1H3. The van der Waals surface area contributed by atoms with Gasteiger partial charge in [-0.05, 0) is 0 Å². The van der Waals surface area contributed by atoms with Crippen LogP contribution in [0.25, 0.3) is 11.4 Å². The number of rotatable bonds is 3. The van der Waals surface area contributed by atoms with Gasteiger partial charge in [0.15, 0.2) is 0 Å². The lowest BCUT2D eigenvalue weighted by Gasteiger charge is -1.91. The summed E-state index contributed by atoms with van der Waals surface area (Å²) in [7, 11) is 1.81. The van der Waals surface area contributed by atoms with Crippen LogP contribution in [-0.4, -0.2) is 36.5 Å². The molecule has 7 nitrogen and oxygen atoms in total. The van der Waals surface area contributed by atoms with Crippen LogP contribution in [0.2, 0.25) is 0 Å². The molecule has 0 saturated heterocycles. The molecule has 0 aliphatic carbocycles. The molecule has 0 fully saturated rings. The van der Waals surface area contributed by atoms with Crippen LogP contribution >= 0.6 is 0 Å². The average molecular weight is 193 g/mol. The Balaban J connectivity index is 2.24. The van der Waals surface area contributed by atoms with Gasteiger partial charge in [0.2, 0.25) is 0 Å². The maximum Gasteiger partial charge on any atom is 0.134 e. The molecule has 0 aliphatic heterocycles. The molecule has 2 heterocycles. The molecule has 0 aliphatic rings. The van der Waals surface area contributed by atoms with Crippen molar-refractivity contribution in [2.45, 2.75) is 6.54 Å². The van der Waals surface area contributed by atoms with E-state index >= 15 is 0 Å². The molecule has 14 heavy (non-hydrogen) atoms. The Morgan fingerprint density at radius 2 is 1.93 bits per heavy atom. The molecule has 74 valence electrons. The second-order valence-electron chi connectivity index (χ2n) is 2.93. The van der Waals surface area contributed by atoms with Crippen molar-refractivity contribution in [2.24, 2.45) is 12.8 Å². The highest BCUT2D eigenvalue weighted by atomic mass is 15.4. The van der Waals surface area contributed by atoms with Crippen molar-refractivity contribution in [3.63, 3.8) is 0 Å². The Labute approximate surface area is 80.5 Å². The first-order valence-corrected chi connectivity index (χ1v) is 4.26. The minimum absolute atomic E-state index is 0.545. The number of nitrogens with two attached hydrogens (primary N) is 1. The molecule has 0 bridgehead atoms. The van der Waals surface area contributed by atoms with Gasteiger partial charge in [0, 0.05) is 13.6 Å². The van der Waals surface area contributed by atoms with E-state index in [9.17, 15) is 0 Å². The lowest BCUT2D eigenvalue weighted by atomic mass is 10.4. The predicted octanol–water partition coefficient (Wildman–Crippen LogP) is -0.968. The van der Waals surface area contributed by atoms with Gasteiger partial charge in [-0.1, -0.05) is 10.4 Å². The van der Waals surface area contributed by atoms with Crippen molar-refractivity contribution in [1.82, 2.24) is 30.0 Å². The molecule has 0 atom stereocenters. The van der Waals surface area contributed by atoms with E-state index in [4.69, 9.17) is 5.73 Å². The summed E-state index contributed by atoms with van der Waals surface area (Å²) in [4.78, 5) is 0. The molecule has 2 N–H and O–H groups in total. The van der Waals surface area contributed by atoms with Crippen molar-refractivity contribution in [3.8, 4) is 11.4 Å². The molecule has 2 rings (SSSR count). The number of nitrogens with zero attached hydrogens (tertiary/aromatic N) is 6. The lowest BCUT2D eigenvalue weighted by molar-refractivity contribution is 0.598. The number of aryl methyl sites for hydroxylation is 1. The van der Waals surface area contributed by atoms with Crippen LogP contribution in [0.1, 0.15) is 0 Å². The van der Waals surface area contributed by atoms with Gasteiger partial charge < -0.3 is 5.73 Å². The highest BCUT2D eigenvalue weighted by Gasteiger charge is 2.06. The first-order chi connectivity index (χ1) is 6.79. The van der Waals surface area contributed by atoms with E-state index in [0.717, 1.165) is 5.69 Å². The van der Waals surface area contributed by atoms with E-state index in [1.54, 1.807) is 28.8 Å². The van der Waals surface area contributed by atoms with Crippen LogP contribution in [0.15, 0.2) is 12.4 Å². The molecular formula is C7H11N7. The van der Waals surface area contributed by atoms with Crippen molar-refractivity contribution >= 4 is 0 Å². The third-order valence-corrected chi connectivity index (χ3v) is 1.76. The van der Waals surface area contributed by atoms with Crippen LogP contribution in [0.5, 0.6) is 0 Å². The monoisotopic (exact) mass is 193 g/mol. The summed E-state index contributed by atoms with van der Waals surface area (Å²) < 4.78 is 3.31. The second-order valence-corrected chi connectivity index (χ2v) is 2.93. The molecule has 0 aromatic carbocycles. The van der Waals surface area contributed by atoms with Gasteiger partial charge in [-0.15, -0.1) is 10.2 Å².